The Kier molecular flexibility index (Phi) is 5.11. The van der Waals surface area contributed by atoms with E-state index in [2.05, 4.69) is 15.3 Å². The standard InChI is InChI=1S/C17H20N4O4/c1-18-16(22)15-11-20(6-7-25-15)9-12-8-19-21(10-12)14-5-3-2-4-13(14)17(23)24/h2-5,8,10,15H,6-7,9,11H2,1H3,(H,18,22)(H,23,24)/t15-/m0/s1. The molecule has 2 aromatic rings. The summed E-state index contributed by atoms with van der Waals surface area (Å²) in [6.07, 6.45) is 3.05. The average Bonchev–Trinajstić information content (AvgIpc) is 3.09. The number of carboxylic acids is 1. The monoisotopic (exact) mass is 344 g/mol. The molecule has 0 saturated carbocycles. The minimum atomic E-state index is -0.991. The Hall–Kier alpha value is -2.71. The van der Waals surface area contributed by atoms with Crippen molar-refractivity contribution in [1.29, 1.82) is 0 Å². The lowest BCUT2D eigenvalue weighted by Crippen LogP contribution is -2.48. The minimum Gasteiger partial charge on any atom is -0.478 e. The van der Waals surface area contributed by atoms with Gasteiger partial charge in [0, 0.05) is 38.4 Å². The first-order chi connectivity index (χ1) is 12.1. The fourth-order valence-electron chi connectivity index (χ4n) is 2.85. The van der Waals surface area contributed by atoms with E-state index in [4.69, 9.17) is 4.74 Å². The van der Waals surface area contributed by atoms with E-state index in [0.29, 0.717) is 25.4 Å². The van der Waals surface area contributed by atoms with Crippen molar-refractivity contribution in [2.24, 2.45) is 0 Å². The molecule has 1 aromatic heterocycles. The van der Waals surface area contributed by atoms with Crippen LogP contribution >= 0.6 is 0 Å². The molecule has 25 heavy (non-hydrogen) atoms. The number of nitrogens with zero attached hydrogens (tertiary/aromatic N) is 3. The van der Waals surface area contributed by atoms with Gasteiger partial charge in [-0.15, -0.1) is 0 Å². The Morgan fingerprint density at radius 2 is 2.20 bits per heavy atom. The molecule has 0 spiro atoms. The average molecular weight is 344 g/mol. The van der Waals surface area contributed by atoms with Crippen LogP contribution in [-0.2, 0) is 16.1 Å². The molecule has 1 atom stereocenters. The molecule has 3 rings (SSSR count). The number of carbonyl (C=O) groups excluding carboxylic acids is 1. The lowest BCUT2D eigenvalue weighted by Gasteiger charge is -2.31. The van der Waals surface area contributed by atoms with Crippen LogP contribution in [0, 0.1) is 0 Å². The summed E-state index contributed by atoms with van der Waals surface area (Å²) in [5, 5.41) is 16.2. The first-order valence-corrected chi connectivity index (χ1v) is 8.00. The van der Waals surface area contributed by atoms with Crippen molar-refractivity contribution in [3.8, 4) is 5.69 Å². The fourth-order valence-corrected chi connectivity index (χ4v) is 2.85. The number of ether oxygens (including phenoxy) is 1. The summed E-state index contributed by atoms with van der Waals surface area (Å²) in [5.74, 6) is -1.12. The number of benzene rings is 1. The fraction of sp³-hybridized carbons (Fsp3) is 0.353. The summed E-state index contributed by atoms with van der Waals surface area (Å²) in [4.78, 5) is 25.2. The van der Waals surface area contributed by atoms with E-state index < -0.39 is 12.1 Å². The van der Waals surface area contributed by atoms with E-state index in [1.807, 2.05) is 6.20 Å². The second kappa shape index (κ2) is 7.45. The molecule has 2 N–H and O–H groups in total. The van der Waals surface area contributed by atoms with E-state index in [1.54, 1.807) is 42.2 Å². The van der Waals surface area contributed by atoms with Gasteiger partial charge in [0.05, 0.1) is 24.1 Å². The van der Waals surface area contributed by atoms with Crippen LogP contribution in [0.1, 0.15) is 15.9 Å². The van der Waals surface area contributed by atoms with Gasteiger partial charge in [0.1, 0.15) is 6.10 Å². The molecule has 1 saturated heterocycles. The second-order valence-electron chi connectivity index (χ2n) is 5.82. The third-order valence-corrected chi connectivity index (χ3v) is 4.11. The molecular weight excluding hydrogens is 324 g/mol. The SMILES string of the molecule is CNC(=O)[C@@H]1CN(Cc2cnn(-c3ccccc3C(=O)O)c2)CCO1. The number of hydrogen-bond donors (Lipinski definition) is 2. The van der Waals surface area contributed by atoms with Gasteiger partial charge < -0.3 is 15.2 Å². The van der Waals surface area contributed by atoms with Crippen molar-refractivity contribution in [2.75, 3.05) is 26.7 Å². The van der Waals surface area contributed by atoms with E-state index >= 15 is 0 Å². The van der Waals surface area contributed by atoms with Crippen molar-refractivity contribution in [3.05, 3.63) is 47.8 Å². The topological polar surface area (TPSA) is 96.7 Å². The number of hydrogen-bond acceptors (Lipinski definition) is 5. The number of amides is 1. The zero-order chi connectivity index (χ0) is 17.8. The van der Waals surface area contributed by atoms with Crippen molar-refractivity contribution < 1.29 is 19.4 Å². The van der Waals surface area contributed by atoms with Gasteiger partial charge in [0.15, 0.2) is 0 Å². The number of aromatic nitrogens is 2. The van der Waals surface area contributed by atoms with Gasteiger partial charge in [-0.05, 0) is 12.1 Å². The maximum absolute atomic E-state index is 11.7. The van der Waals surface area contributed by atoms with Gasteiger partial charge in [0.2, 0.25) is 5.91 Å². The van der Waals surface area contributed by atoms with Crippen LogP contribution in [-0.4, -0.2) is 64.5 Å². The highest BCUT2D eigenvalue weighted by atomic mass is 16.5. The number of para-hydroxylation sites is 1. The highest BCUT2D eigenvalue weighted by molar-refractivity contribution is 5.91. The Bertz CT molecular complexity index is 774. The third kappa shape index (κ3) is 3.86. The van der Waals surface area contributed by atoms with E-state index in [9.17, 15) is 14.7 Å². The number of carboxylic acid groups (broad SMARTS) is 1. The van der Waals surface area contributed by atoms with Gasteiger partial charge in [-0.25, -0.2) is 9.48 Å². The van der Waals surface area contributed by atoms with Gasteiger partial charge in [-0.1, -0.05) is 12.1 Å². The molecule has 0 radical (unpaired) electrons. The van der Waals surface area contributed by atoms with Crippen LogP contribution in [0.4, 0.5) is 0 Å². The Labute approximate surface area is 145 Å². The maximum atomic E-state index is 11.7. The van der Waals surface area contributed by atoms with Gasteiger partial charge in [-0.3, -0.25) is 9.69 Å². The predicted molar refractivity (Wildman–Crippen MR) is 89.6 cm³/mol. The number of aromatic carboxylic acids is 1. The summed E-state index contributed by atoms with van der Waals surface area (Å²) >= 11 is 0. The minimum absolute atomic E-state index is 0.129. The summed E-state index contributed by atoms with van der Waals surface area (Å²) in [6, 6.07) is 6.73. The lowest BCUT2D eigenvalue weighted by atomic mass is 10.2. The van der Waals surface area contributed by atoms with Crippen molar-refractivity contribution >= 4 is 11.9 Å². The molecule has 0 aliphatic carbocycles. The third-order valence-electron chi connectivity index (χ3n) is 4.11. The van der Waals surface area contributed by atoms with Crippen molar-refractivity contribution in [1.82, 2.24) is 20.0 Å². The highest BCUT2D eigenvalue weighted by Crippen LogP contribution is 2.16. The largest absolute Gasteiger partial charge is 0.478 e. The Morgan fingerprint density at radius 3 is 2.96 bits per heavy atom. The summed E-state index contributed by atoms with van der Waals surface area (Å²) in [5.41, 5.74) is 1.66. The summed E-state index contributed by atoms with van der Waals surface area (Å²) < 4.78 is 7.04. The van der Waals surface area contributed by atoms with Crippen LogP contribution in [0.5, 0.6) is 0 Å². The molecule has 1 aliphatic heterocycles. The molecule has 0 bridgehead atoms. The second-order valence-corrected chi connectivity index (χ2v) is 5.82. The molecule has 0 unspecified atom stereocenters. The van der Waals surface area contributed by atoms with Gasteiger partial charge in [-0.2, -0.15) is 5.10 Å². The molecular formula is C17H20N4O4. The maximum Gasteiger partial charge on any atom is 0.337 e. The summed E-state index contributed by atoms with van der Waals surface area (Å²) in [7, 11) is 1.59. The molecule has 1 aliphatic rings. The highest BCUT2D eigenvalue weighted by Gasteiger charge is 2.26. The van der Waals surface area contributed by atoms with Crippen LogP contribution in [0.15, 0.2) is 36.7 Å². The van der Waals surface area contributed by atoms with E-state index in [0.717, 1.165) is 12.1 Å². The van der Waals surface area contributed by atoms with Crippen molar-refractivity contribution in [2.45, 2.75) is 12.6 Å². The molecule has 1 amide bonds. The number of rotatable bonds is 5. The number of likely N-dealkylation sites (N-methyl/N-ethyl adjacent to an activating group) is 1. The number of morpholine rings is 1. The van der Waals surface area contributed by atoms with Gasteiger partial charge >= 0.3 is 5.97 Å². The molecule has 8 nitrogen and oxygen atoms in total. The first-order valence-electron chi connectivity index (χ1n) is 8.00. The molecule has 132 valence electrons. The zero-order valence-corrected chi connectivity index (χ0v) is 13.9. The Morgan fingerprint density at radius 1 is 1.40 bits per heavy atom. The first kappa shape index (κ1) is 17.1. The predicted octanol–water partition coefficient (Wildman–Crippen LogP) is 0.517. The van der Waals surface area contributed by atoms with Gasteiger partial charge in [0.25, 0.3) is 0 Å². The quantitative estimate of drug-likeness (QED) is 0.821. The molecule has 2 heterocycles. The van der Waals surface area contributed by atoms with Crippen LogP contribution in [0.3, 0.4) is 0 Å². The van der Waals surface area contributed by atoms with Crippen LogP contribution in [0.2, 0.25) is 0 Å². The smallest absolute Gasteiger partial charge is 0.337 e. The van der Waals surface area contributed by atoms with Crippen LogP contribution < -0.4 is 5.32 Å². The van der Waals surface area contributed by atoms with Crippen LogP contribution in [0.25, 0.3) is 5.69 Å². The number of nitrogens with one attached hydrogen (secondary N) is 1. The zero-order valence-electron chi connectivity index (χ0n) is 13.9. The Balaban J connectivity index is 1.72. The molecule has 1 fully saturated rings. The van der Waals surface area contributed by atoms with Crippen molar-refractivity contribution in [3.63, 3.8) is 0 Å². The number of carbonyl (C=O) groups is 2. The van der Waals surface area contributed by atoms with E-state index in [-0.39, 0.29) is 11.5 Å². The molecule has 1 aromatic carbocycles. The summed E-state index contributed by atoms with van der Waals surface area (Å²) in [6.45, 7) is 2.35. The molecule has 8 heteroatoms. The lowest BCUT2D eigenvalue weighted by molar-refractivity contribution is -0.138. The normalized spacial score (nSPS) is 18.0. The van der Waals surface area contributed by atoms with E-state index in [1.165, 1.54) is 0 Å².